The van der Waals surface area contributed by atoms with Crippen LogP contribution in [0.1, 0.15) is 25.0 Å². The van der Waals surface area contributed by atoms with E-state index in [1.54, 1.807) is 0 Å². The molecule has 1 aliphatic rings. The van der Waals surface area contributed by atoms with Crippen molar-refractivity contribution < 1.29 is 13.2 Å². The van der Waals surface area contributed by atoms with Gasteiger partial charge in [0.15, 0.2) is 0 Å². The Morgan fingerprint density at radius 2 is 2.28 bits per heavy atom. The first-order valence-electron chi connectivity index (χ1n) is 5.93. The number of halogens is 3. The minimum absolute atomic E-state index is 0.0304. The van der Waals surface area contributed by atoms with E-state index >= 15 is 0 Å². The molecule has 4 nitrogen and oxygen atoms in total. The van der Waals surface area contributed by atoms with Gasteiger partial charge in [-0.25, -0.2) is 9.97 Å². The maximum atomic E-state index is 12.4. The van der Waals surface area contributed by atoms with E-state index in [2.05, 4.69) is 20.6 Å². The van der Waals surface area contributed by atoms with Crippen molar-refractivity contribution in [1.82, 2.24) is 15.3 Å². The second-order valence-electron chi connectivity index (χ2n) is 4.27. The summed E-state index contributed by atoms with van der Waals surface area (Å²) in [7, 11) is 0. The van der Waals surface area contributed by atoms with Gasteiger partial charge in [-0.3, -0.25) is 0 Å². The molecule has 0 radical (unpaired) electrons. The van der Waals surface area contributed by atoms with Crippen LogP contribution in [-0.4, -0.2) is 29.1 Å². The summed E-state index contributed by atoms with van der Waals surface area (Å²) in [5.41, 5.74) is -0.918. The molecule has 0 amide bonds. The van der Waals surface area contributed by atoms with Gasteiger partial charge in [-0.2, -0.15) is 13.2 Å². The van der Waals surface area contributed by atoms with E-state index in [9.17, 15) is 13.2 Å². The molecule has 18 heavy (non-hydrogen) atoms. The minimum Gasteiger partial charge on any atom is -0.354 e. The number of nitrogens with one attached hydrogen (secondary N) is 2. The van der Waals surface area contributed by atoms with Gasteiger partial charge in [-0.05, 0) is 31.9 Å². The SMILES string of the molecule is FC(F)(F)c1ccnc(NCC[C@H]2CCCN2)n1. The average Bonchev–Trinajstić information content (AvgIpc) is 2.81. The zero-order valence-electron chi connectivity index (χ0n) is 9.80. The molecule has 0 unspecified atom stereocenters. The largest absolute Gasteiger partial charge is 0.433 e. The Labute approximate surface area is 103 Å². The zero-order chi connectivity index (χ0) is 13.0. The van der Waals surface area contributed by atoms with Gasteiger partial charge in [0.2, 0.25) is 5.95 Å². The van der Waals surface area contributed by atoms with Crippen LogP contribution >= 0.6 is 0 Å². The third kappa shape index (κ3) is 3.56. The van der Waals surface area contributed by atoms with Crippen molar-refractivity contribution in [3.63, 3.8) is 0 Å². The third-order valence-electron chi connectivity index (χ3n) is 2.88. The molecular weight excluding hydrogens is 245 g/mol. The lowest BCUT2D eigenvalue weighted by Gasteiger charge is -2.11. The van der Waals surface area contributed by atoms with Gasteiger partial charge in [0, 0.05) is 18.8 Å². The molecule has 1 aliphatic heterocycles. The molecule has 7 heteroatoms. The van der Waals surface area contributed by atoms with Crippen molar-refractivity contribution in [2.24, 2.45) is 0 Å². The van der Waals surface area contributed by atoms with Crippen LogP contribution in [-0.2, 0) is 6.18 Å². The molecule has 1 saturated heterocycles. The second kappa shape index (κ2) is 5.51. The summed E-state index contributed by atoms with van der Waals surface area (Å²) >= 11 is 0. The highest BCUT2D eigenvalue weighted by Crippen LogP contribution is 2.27. The van der Waals surface area contributed by atoms with E-state index in [1.165, 1.54) is 0 Å². The zero-order valence-corrected chi connectivity index (χ0v) is 9.80. The molecular formula is C11H15F3N4. The van der Waals surface area contributed by atoms with Crippen molar-refractivity contribution in [3.8, 4) is 0 Å². The maximum Gasteiger partial charge on any atom is 0.433 e. The van der Waals surface area contributed by atoms with E-state index in [4.69, 9.17) is 0 Å². The first-order valence-corrected chi connectivity index (χ1v) is 5.93. The van der Waals surface area contributed by atoms with Crippen LogP contribution in [0.3, 0.4) is 0 Å². The third-order valence-corrected chi connectivity index (χ3v) is 2.88. The molecule has 2 N–H and O–H groups in total. The predicted molar refractivity (Wildman–Crippen MR) is 61.2 cm³/mol. The van der Waals surface area contributed by atoms with Crippen LogP contribution in [0.5, 0.6) is 0 Å². The lowest BCUT2D eigenvalue weighted by atomic mass is 10.1. The highest BCUT2D eigenvalue weighted by atomic mass is 19.4. The molecule has 1 aromatic rings. The van der Waals surface area contributed by atoms with Gasteiger partial charge >= 0.3 is 6.18 Å². The van der Waals surface area contributed by atoms with E-state index in [0.717, 1.165) is 38.1 Å². The lowest BCUT2D eigenvalue weighted by molar-refractivity contribution is -0.141. The summed E-state index contributed by atoms with van der Waals surface area (Å²) in [6, 6.07) is 1.31. The molecule has 2 heterocycles. The van der Waals surface area contributed by atoms with E-state index in [-0.39, 0.29) is 5.95 Å². The van der Waals surface area contributed by atoms with Gasteiger partial charge in [-0.15, -0.1) is 0 Å². The Kier molecular flexibility index (Phi) is 4.00. The average molecular weight is 260 g/mol. The van der Waals surface area contributed by atoms with Crippen molar-refractivity contribution in [2.45, 2.75) is 31.5 Å². The first-order chi connectivity index (χ1) is 8.55. The molecule has 0 aromatic carbocycles. The molecule has 0 saturated carbocycles. The van der Waals surface area contributed by atoms with Crippen molar-refractivity contribution in [3.05, 3.63) is 18.0 Å². The fraction of sp³-hybridized carbons (Fsp3) is 0.636. The van der Waals surface area contributed by atoms with E-state index in [1.807, 2.05) is 0 Å². The lowest BCUT2D eigenvalue weighted by Crippen LogP contribution is -2.24. The van der Waals surface area contributed by atoms with Gasteiger partial charge in [0.25, 0.3) is 0 Å². The number of hydrogen-bond acceptors (Lipinski definition) is 4. The van der Waals surface area contributed by atoms with Crippen molar-refractivity contribution in [1.29, 1.82) is 0 Å². The summed E-state index contributed by atoms with van der Waals surface area (Å²) in [4.78, 5) is 7.21. The summed E-state index contributed by atoms with van der Waals surface area (Å²) in [5.74, 6) is 0.0304. The van der Waals surface area contributed by atoms with Crippen molar-refractivity contribution >= 4 is 5.95 Å². The number of rotatable bonds is 4. The standard InChI is InChI=1S/C11H15F3N4/c12-11(13,14)9-4-7-17-10(18-9)16-6-3-8-2-1-5-15-8/h4,7-8,15H,1-3,5-6H2,(H,16,17,18)/t8-/m1/s1. The van der Waals surface area contributed by atoms with Crippen LogP contribution < -0.4 is 10.6 Å². The molecule has 0 bridgehead atoms. The Bertz CT molecular complexity index is 388. The number of alkyl halides is 3. The summed E-state index contributed by atoms with van der Waals surface area (Å²) in [5, 5.41) is 6.14. The van der Waals surface area contributed by atoms with Crippen LogP contribution in [0, 0.1) is 0 Å². The Morgan fingerprint density at radius 3 is 2.94 bits per heavy atom. The Balaban J connectivity index is 1.85. The maximum absolute atomic E-state index is 12.4. The number of anilines is 1. The molecule has 1 aromatic heterocycles. The van der Waals surface area contributed by atoms with Crippen LogP contribution in [0.15, 0.2) is 12.3 Å². The second-order valence-corrected chi connectivity index (χ2v) is 4.27. The number of nitrogens with zero attached hydrogens (tertiary/aromatic N) is 2. The molecule has 2 rings (SSSR count). The van der Waals surface area contributed by atoms with Gasteiger partial charge in [0.1, 0.15) is 5.69 Å². The van der Waals surface area contributed by atoms with Crippen LogP contribution in [0.4, 0.5) is 19.1 Å². The molecule has 1 fully saturated rings. The summed E-state index contributed by atoms with van der Waals surface area (Å²) in [6.07, 6.45) is -0.173. The Hall–Kier alpha value is -1.37. The minimum atomic E-state index is -4.42. The predicted octanol–water partition coefficient (Wildman–Crippen LogP) is 2.05. The number of hydrogen-bond donors (Lipinski definition) is 2. The fourth-order valence-corrected chi connectivity index (χ4v) is 1.96. The monoisotopic (exact) mass is 260 g/mol. The first kappa shape index (κ1) is 13.1. The van der Waals surface area contributed by atoms with Crippen LogP contribution in [0.2, 0.25) is 0 Å². The van der Waals surface area contributed by atoms with E-state index in [0.29, 0.717) is 12.6 Å². The van der Waals surface area contributed by atoms with Crippen LogP contribution in [0.25, 0.3) is 0 Å². The normalized spacial score (nSPS) is 20.1. The summed E-state index contributed by atoms with van der Waals surface area (Å²) < 4.78 is 37.2. The van der Waals surface area contributed by atoms with Gasteiger partial charge in [-0.1, -0.05) is 0 Å². The smallest absolute Gasteiger partial charge is 0.354 e. The van der Waals surface area contributed by atoms with Gasteiger partial charge in [0.05, 0.1) is 0 Å². The molecule has 0 aliphatic carbocycles. The molecule has 1 atom stereocenters. The highest BCUT2D eigenvalue weighted by Gasteiger charge is 2.32. The summed E-state index contributed by atoms with van der Waals surface area (Å²) in [6.45, 7) is 1.59. The Morgan fingerprint density at radius 1 is 1.44 bits per heavy atom. The quantitative estimate of drug-likeness (QED) is 0.870. The molecule has 100 valence electrons. The fourth-order valence-electron chi connectivity index (χ4n) is 1.96. The van der Waals surface area contributed by atoms with E-state index < -0.39 is 11.9 Å². The highest BCUT2D eigenvalue weighted by molar-refractivity contribution is 5.25. The van der Waals surface area contributed by atoms with Crippen molar-refractivity contribution in [2.75, 3.05) is 18.4 Å². The molecule has 0 spiro atoms. The number of aromatic nitrogens is 2. The topological polar surface area (TPSA) is 49.8 Å². The van der Waals surface area contributed by atoms with Gasteiger partial charge < -0.3 is 10.6 Å².